The zero-order valence-electron chi connectivity index (χ0n) is 16.8. The molecule has 0 fully saturated rings. The molecule has 1 aromatic heterocycles. The van der Waals surface area contributed by atoms with Crippen LogP contribution in [0.2, 0.25) is 0 Å². The van der Waals surface area contributed by atoms with Gasteiger partial charge in [-0.05, 0) is 23.8 Å². The van der Waals surface area contributed by atoms with Crippen molar-refractivity contribution in [2.75, 3.05) is 25.1 Å². The van der Waals surface area contributed by atoms with E-state index in [0.29, 0.717) is 29.1 Å². The van der Waals surface area contributed by atoms with Gasteiger partial charge in [0, 0.05) is 23.1 Å². The normalized spacial score (nSPS) is 10.7. The Balaban J connectivity index is 1.59. The van der Waals surface area contributed by atoms with Gasteiger partial charge in [0.2, 0.25) is 5.78 Å². The number of rotatable bonds is 8. The van der Waals surface area contributed by atoms with Gasteiger partial charge in [-0.3, -0.25) is 4.79 Å². The standard InChI is InChI=1S/C25H22N2O4/c28-15-14-26-20-12-6-5-11-19(20)25(30)31-16-22(29)23-18-10-4-7-13-21(18)27-24(23)17-8-2-1-3-9-17/h1-13,26-28H,14-16H2. The number of H-pyrrole nitrogens is 1. The van der Waals surface area contributed by atoms with Gasteiger partial charge in [0.15, 0.2) is 6.61 Å². The lowest BCUT2D eigenvalue weighted by molar-refractivity contribution is 0.0476. The van der Waals surface area contributed by atoms with Crippen molar-refractivity contribution in [1.82, 2.24) is 4.98 Å². The van der Waals surface area contributed by atoms with Crippen molar-refractivity contribution in [3.05, 3.63) is 90.0 Å². The van der Waals surface area contributed by atoms with Crippen LogP contribution in [0.3, 0.4) is 0 Å². The highest BCUT2D eigenvalue weighted by Crippen LogP contribution is 2.30. The van der Waals surface area contributed by atoms with E-state index in [1.165, 1.54) is 0 Å². The van der Waals surface area contributed by atoms with E-state index < -0.39 is 5.97 Å². The third kappa shape index (κ3) is 4.34. The fourth-order valence-electron chi connectivity index (χ4n) is 3.54. The number of ketones is 1. The summed E-state index contributed by atoms with van der Waals surface area (Å²) >= 11 is 0. The third-order valence-electron chi connectivity index (χ3n) is 4.96. The first-order valence-corrected chi connectivity index (χ1v) is 9.99. The molecule has 3 aromatic carbocycles. The lowest BCUT2D eigenvalue weighted by Crippen LogP contribution is -2.17. The minimum absolute atomic E-state index is 0.0648. The zero-order chi connectivity index (χ0) is 21.6. The Hall–Kier alpha value is -3.90. The fourth-order valence-corrected chi connectivity index (χ4v) is 3.54. The van der Waals surface area contributed by atoms with Crippen molar-refractivity contribution in [3.63, 3.8) is 0 Å². The number of hydrogen-bond donors (Lipinski definition) is 3. The lowest BCUT2D eigenvalue weighted by atomic mass is 10.0. The predicted molar refractivity (Wildman–Crippen MR) is 120 cm³/mol. The number of Topliss-reactive ketones (excluding diaryl/α,β-unsaturated/α-hetero) is 1. The second kappa shape index (κ2) is 9.28. The van der Waals surface area contributed by atoms with Gasteiger partial charge in [-0.1, -0.05) is 60.7 Å². The number of fused-ring (bicyclic) bond motifs is 1. The Morgan fingerprint density at radius 1 is 0.903 bits per heavy atom. The van der Waals surface area contributed by atoms with E-state index in [1.807, 2.05) is 54.6 Å². The smallest absolute Gasteiger partial charge is 0.340 e. The molecule has 0 radical (unpaired) electrons. The maximum absolute atomic E-state index is 13.2. The second-order valence-electron chi connectivity index (χ2n) is 6.98. The topological polar surface area (TPSA) is 91.4 Å². The summed E-state index contributed by atoms with van der Waals surface area (Å²) in [5, 5.41) is 12.8. The quantitative estimate of drug-likeness (QED) is 0.296. The highest BCUT2D eigenvalue weighted by molar-refractivity contribution is 6.14. The lowest BCUT2D eigenvalue weighted by Gasteiger charge is -2.11. The van der Waals surface area contributed by atoms with Crippen molar-refractivity contribution < 1.29 is 19.4 Å². The Morgan fingerprint density at radius 3 is 2.42 bits per heavy atom. The zero-order valence-corrected chi connectivity index (χ0v) is 16.8. The first-order chi connectivity index (χ1) is 15.2. The van der Waals surface area contributed by atoms with Crippen LogP contribution in [-0.2, 0) is 4.74 Å². The van der Waals surface area contributed by atoms with Gasteiger partial charge in [0.05, 0.1) is 23.4 Å². The van der Waals surface area contributed by atoms with Crippen molar-refractivity contribution >= 4 is 28.3 Å². The summed E-state index contributed by atoms with van der Waals surface area (Å²) in [6.07, 6.45) is 0. The number of benzene rings is 3. The average molecular weight is 414 g/mol. The van der Waals surface area contributed by atoms with Gasteiger partial charge < -0.3 is 20.1 Å². The van der Waals surface area contributed by atoms with Crippen molar-refractivity contribution in [3.8, 4) is 11.3 Å². The number of aliphatic hydroxyl groups excluding tert-OH is 1. The number of hydrogen-bond acceptors (Lipinski definition) is 5. The van der Waals surface area contributed by atoms with E-state index in [4.69, 9.17) is 9.84 Å². The van der Waals surface area contributed by atoms with Crippen LogP contribution in [0.25, 0.3) is 22.2 Å². The summed E-state index contributed by atoms with van der Waals surface area (Å²) in [5.41, 5.74) is 3.78. The first-order valence-electron chi connectivity index (χ1n) is 9.99. The Bertz CT molecular complexity index is 1210. The summed E-state index contributed by atoms with van der Waals surface area (Å²) < 4.78 is 5.37. The number of anilines is 1. The van der Waals surface area contributed by atoms with Crippen LogP contribution >= 0.6 is 0 Å². The maximum Gasteiger partial charge on any atom is 0.340 e. The third-order valence-corrected chi connectivity index (χ3v) is 4.96. The number of carbonyl (C=O) groups is 2. The number of carbonyl (C=O) groups excluding carboxylic acids is 2. The highest BCUT2D eigenvalue weighted by Gasteiger charge is 2.21. The average Bonchev–Trinajstić information content (AvgIpc) is 3.21. The van der Waals surface area contributed by atoms with E-state index in [0.717, 1.165) is 16.5 Å². The van der Waals surface area contributed by atoms with E-state index in [1.54, 1.807) is 24.3 Å². The fraction of sp³-hybridized carbons (Fsp3) is 0.120. The summed E-state index contributed by atoms with van der Waals surface area (Å²) in [5.74, 6) is -0.888. The molecule has 0 unspecified atom stereocenters. The van der Waals surface area contributed by atoms with Crippen molar-refractivity contribution in [2.24, 2.45) is 0 Å². The van der Waals surface area contributed by atoms with Gasteiger partial charge in [-0.25, -0.2) is 4.79 Å². The van der Waals surface area contributed by atoms with Gasteiger partial charge in [0.25, 0.3) is 0 Å². The number of para-hydroxylation sites is 2. The number of nitrogens with one attached hydrogen (secondary N) is 2. The Labute approximate surface area is 179 Å². The number of esters is 1. The molecule has 0 spiro atoms. The predicted octanol–water partition coefficient (Wildman–Crippen LogP) is 4.28. The molecule has 0 amide bonds. The van der Waals surface area contributed by atoms with E-state index in [9.17, 15) is 9.59 Å². The molecule has 4 rings (SSSR count). The van der Waals surface area contributed by atoms with Gasteiger partial charge in [-0.2, -0.15) is 0 Å². The Morgan fingerprint density at radius 2 is 1.61 bits per heavy atom. The molecular weight excluding hydrogens is 392 g/mol. The minimum Gasteiger partial charge on any atom is -0.454 e. The van der Waals surface area contributed by atoms with Crippen LogP contribution in [0.4, 0.5) is 5.69 Å². The molecule has 6 nitrogen and oxygen atoms in total. The van der Waals surface area contributed by atoms with Crippen LogP contribution in [0, 0.1) is 0 Å². The summed E-state index contributed by atoms with van der Waals surface area (Å²) in [4.78, 5) is 29.1. The summed E-state index contributed by atoms with van der Waals surface area (Å²) in [6.45, 7) is -0.140. The molecule has 0 aliphatic rings. The van der Waals surface area contributed by atoms with E-state index >= 15 is 0 Å². The summed E-state index contributed by atoms with van der Waals surface area (Å²) in [6, 6.07) is 24.0. The van der Waals surface area contributed by atoms with Crippen LogP contribution in [-0.4, -0.2) is 41.6 Å². The largest absolute Gasteiger partial charge is 0.454 e. The molecule has 0 atom stereocenters. The molecule has 4 aromatic rings. The van der Waals surface area contributed by atoms with Crippen LogP contribution in [0.15, 0.2) is 78.9 Å². The Kier molecular flexibility index (Phi) is 6.10. The molecular formula is C25H22N2O4. The molecule has 0 aliphatic heterocycles. The van der Waals surface area contributed by atoms with Crippen molar-refractivity contribution in [2.45, 2.75) is 0 Å². The molecule has 31 heavy (non-hydrogen) atoms. The number of aromatic nitrogens is 1. The molecule has 0 bridgehead atoms. The first kappa shape index (κ1) is 20.4. The van der Waals surface area contributed by atoms with Gasteiger partial charge >= 0.3 is 5.97 Å². The monoisotopic (exact) mass is 414 g/mol. The minimum atomic E-state index is -0.601. The van der Waals surface area contributed by atoms with Crippen LogP contribution < -0.4 is 5.32 Å². The number of aromatic amines is 1. The molecule has 6 heteroatoms. The molecule has 0 saturated heterocycles. The summed E-state index contributed by atoms with van der Waals surface area (Å²) in [7, 11) is 0. The van der Waals surface area contributed by atoms with Crippen LogP contribution in [0.1, 0.15) is 20.7 Å². The van der Waals surface area contributed by atoms with Gasteiger partial charge in [-0.15, -0.1) is 0 Å². The maximum atomic E-state index is 13.2. The molecule has 0 aliphatic carbocycles. The molecule has 0 saturated carbocycles. The molecule has 1 heterocycles. The van der Waals surface area contributed by atoms with E-state index in [2.05, 4.69) is 10.3 Å². The van der Waals surface area contributed by atoms with E-state index in [-0.39, 0.29) is 19.0 Å². The number of aliphatic hydroxyl groups is 1. The van der Waals surface area contributed by atoms with Crippen molar-refractivity contribution in [1.29, 1.82) is 0 Å². The molecule has 156 valence electrons. The highest BCUT2D eigenvalue weighted by atomic mass is 16.5. The van der Waals surface area contributed by atoms with Crippen LogP contribution in [0.5, 0.6) is 0 Å². The number of ether oxygens (including phenoxy) is 1. The molecule has 3 N–H and O–H groups in total. The second-order valence-corrected chi connectivity index (χ2v) is 6.98. The van der Waals surface area contributed by atoms with Gasteiger partial charge in [0.1, 0.15) is 0 Å². The SMILES string of the molecule is O=C(OCC(=O)c1c(-c2ccccc2)[nH]c2ccccc12)c1ccccc1NCCO.